The van der Waals surface area contributed by atoms with E-state index in [9.17, 15) is 4.79 Å². The molecule has 0 atom stereocenters. The first-order chi connectivity index (χ1) is 11.6. The van der Waals surface area contributed by atoms with Gasteiger partial charge in [0.25, 0.3) is 5.91 Å². The number of benzene rings is 2. The molecule has 0 fully saturated rings. The van der Waals surface area contributed by atoms with Gasteiger partial charge in [0, 0.05) is 28.2 Å². The Balaban J connectivity index is 1.68. The van der Waals surface area contributed by atoms with E-state index in [-0.39, 0.29) is 5.91 Å². The highest BCUT2D eigenvalue weighted by atomic mass is 79.9. The third-order valence-electron chi connectivity index (χ3n) is 3.41. The first-order valence-corrected chi connectivity index (χ1v) is 8.13. The second-order valence-electron chi connectivity index (χ2n) is 5.20. The van der Waals surface area contributed by atoms with Crippen molar-refractivity contribution >= 4 is 39.2 Å². The van der Waals surface area contributed by atoms with Crippen LogP contribution in [0.15, 0.2) is 65.4 Å². The van der Waals surface area contributed by atoms with Gasteiger partial charge in [0.2, 0.25) is 5.95 Å². The first-order valence-electron chi connectivity index (χ1n) is 7.33. The summed E-state index contributed by atoms with van der Waals surface area (Å²) in [6.07, 6.45) is 3.00. The molecule has 1 heterocycles. The van der Waals surface area contributed by atoms with E-state index in [2.05, 4.69) is 36.5 Å². The predicted molar refractivity (Wildman–Crippen MR) is 98.6 cm³/mol. The quantitative estimate of drug-likeness (QED) is 0.694. The van der Waals surface area contributed by atoms with Crippen LogP contribution in [0, 0.1) is 6.92 Å². The summed E-state index contributed by atoms with van der Waals surface area (Å²) in [5, 5.41) is 5.94. The third-order valence-corrected chi connectivity index (χ3v) is 3.94. The SMILES string of the molecule is Cc1ccccc1Nc1ncc(C(=O)Nc2ccc(Br)cc2)cn1. The highest BCUT2D eigenvalue weighted by Crippen LogP contribution is 2.18. The van der Waals surface area contributed by atoms with Crippen molar-refractivity contribution in [2.45, 2.75) is 6.92 Å². The molecule has 0 radical (unpaired) electrons. The maximum absolute atomic E-state index is 12.2. The fraction of sp³-hybridized carbons (Fsp3) is 0.0556. The lowest BCUT2D eigenvalue weighted by Crippen LogP contribution is -2.13. The lowest BCUT2D eigenvalue weighted by atomic mass is 10.2. The maximum atomic E-state index is 12.2. The molecule has 0 aliphatic rings. The van der Waals surface area contributed by atoms with E-state index in [1.54, 1.807) is 0 Å². The minimum Gasteiger partial charge on any atom is -0.324 e. The number of amides is 1. The van der Waals surface area contributed by atoms with E-state index < -0.39 is 0 Å². The zero-order valence-electron chi connectivity index (χ0n) is 13.0. The Kier molecular flexibility index (Phi) is 4.86. The number of carbonyl (C=O) groups excluding carboxylic acids is 1. The molecule has 0 aliphatic heterocycles. The van der Waals surface area contributed by atoms with Gasteiger partial charge < -0.3 is 10.6 Å². The summed E-state index contributed by atoms with van der Waals surface area (Å²) in [5.41, 5.74) is 3.14. The van der Waals surface area contributed by atoms with Gasteiger partial charge in [-0.2, -0.15) is 0 Å². The van der Waals surface area contributed by atoms with E-state index in [1.165, 1.54) is 12.4 Å². The number of hydrogen-bond acceptors (Lipinski definition) is 4. The topological polar surface area (TPSA) is 66.9 Å². The summed E-state index contributed by atoms with van der Waals surface area (Å²) in [7, 11) is 0. The highest BCUT2D eigenvalue weighted by molar-refractivity contribution is 9.10. The molecule has 0 saturated heterocycles. The van der Waals surface area contributed by atoms with Crippen molar-refractivity contribution < 1.29 is 4.79 Å². The molecular formula is C18H15BrN4O. The second-order valence-corrected chi connectivity index (χ2v) is 6.11. The summed E-state index contributed by atoms with van der Waals surface area (Å²) in [5.74, 6) is 0.198. The number of nitrogens with zero attached hydrogens (tertiary/aromatic N) is 2. The Morgan fingerprint density at radius 3 is 2.33 bits per heavy atom. The monoisotopic (exact) mass is 382 g/mol. The van der Waals surface area contributed by atoms with E-state index in [0.29, 0.717) is 17.2 Å². The molecule has 1 amide bonds. The second kappa shape index (κ2) is 7.23. The van der Waals surface area contributed by atoms with Crippen LogP contribution in [0.5, 0.6) is 0 Å². The molecule has 6 heteroatoms. The molecule has 0 unspecified atom stereocenters. The van der Waals surface area contributed by atoms with E-state index in [4.69, 9.17) is 0 Å². The fourth-order valence-electron chi connectivity index (χ4n) is 2.08. The molecule has 24 heavy (non-hydrogen) atoms. The number of carbonyl (C=O) groups is 1. The maximum Gasteiger partial charge on any atom is 0.258 e. The molecule has 2 N–H and O–H groups in total. The van der Waals surface area contributed by atoms with E-state index in [1.807, 2.05) is 55.5 Å². The van der Waals surface area contributed by atoms with Gasteiger partial charge in [-0.05, 0) is 42.8 Å². The van der Waals surface area contributed by atoms with Crippen molar-refractivity contribution in [3.8, 4) is 0 Å². The van der Waals surface area contributed by atoms with Crippen molar-refractivity contribution in [1.29, 1.82) is 0 Å². The normalized spacial score (nSPS) is 10.2. The average Bonchev–Trinajstić information content (AvgIpc) is 2.59. The summed E-state index contributed by atoms with van der Waals surface area (Å²) in [6, 6.07) is 15.2. The minimum atomic E-state index is -0.250. The molecule has 3 aromatic rings. The molecule has 3 rings (SSSR count). The number of nitrogens with one attached hydrogen (secondary N) is 2. The van der Waals surface area contributed by atoms with Crippen molar-refractivity contribution in [2.24, 2.45) is 0 Å². The Morgan fingerprint density at radius 1 is 1.00 bits per heavy atom. The van der Waals surface area contributed by atoms with Crippen molar-refractivity contribution in [1.82, 2.24) is 9.97 Å². The van der Waals surface area contributed by atoms with Crippen LogP contribution in [0.25, 0.3) is 0 Å². The minimum absolute atomic E-state index is 0.250. The highest BCUT2D eigenvalue weighted by Gasteiger charge is 2.08. The van der Waals surface area contributed by atoms with Gasteiger partial charge in [-0.25, -0.2) is 9.97 Å². The van der Waals surface area contributed by atoms with Crippen LogP contribution < -0.4 is 10.6 Å². The Morgan fingerprint density at radius 2 is 1.67 bits per heavy atom. The Labute approximate surface area is 148 Å². The lowest BCUT2D eigenvalue weighted by Gasteiger charge is -2.08. The standard InChI is InChI=1S/C18H15BrN4O/c1-12-4-2-3-5-16(12)23-18-20-10-13(11-21-18)17(24)22-15-8-6-14(19)7-9-15/h2-11H,1H3,(H,22,24)(H,20,21,23). The molecule has 5 nitrogen and oxygen atoms in total. The number of aryl methyl sites for hydroxylation is 1. The number of para-hydroxylation sites is 1. The number of aromatic nitrogens is 2. The third kappa shape index (κ3) is 3.97. The molecular weight excluding hydrogens is 368 g/mol. The zero-order chi connectivity index (χ0) is 16.9. The van der Waals surface area contributed by atoms with Crippen LogP contribution in [0.2, 0.25) is 0 Å². The lowest BCUT2D eigenvalue weighted by molar-refractivity contribution is 0.102. The summed E-state index contributed by atoms with van der Waals surface area (Å²) < 4.78 is 0.954. The first kappa shape index (κ1) is 16.1. The van der Waals surface area contributed by atoms with Crippen LogP contribution in [0.1, 0.15) is 15.9 Å². The van der Waals surface area contributed by atoms with Crippen LogP contribution in [0.3, 0.4) is 0 Å². The predicted octanol–water partition coefficient (Wildman–Crippen LogP) is 4.54. The smallest absolute Gasteiger partial charge is 0.258 e. The van der Waals surface area contributed by atoms with E-state index >= 15 is 0 Å². The van der Waals surface area contributed by atoms with Gasteiger partial charge in [-0.3, -0.25) is 4.79 Å². The van der Waals surface area contributed by atoms with Gasteiger partial charge in [-0.1, -0.05) is 34.1 Å². The van der Waals surface area contributed by atoms with Crippen molar-refractivity contribution in [2.75, 3.05) is 10.6 Å². The summed E-state index contributed by atoms with van der Waals surface area (Å²) in [6.45, 7) is 2.00. The van der Waals surface area contributed by atoms with Gasteiger partial charge in [0.05, 0.1) is 5.56 Å². The molecule has 0 aliphatic carbocycles. The Bertz CT molecular complexity index is 848. The van der Waals surface area contributed by atoms with Gasteiger partial charge in [0.15, 0.2) is 0 Å². The number of halogens is 1. The summed E-state index contributed by atoms with van der Waals surface area (Å²) in [4.78, 5) is 20.6. The van der Waals surface area contributed by atoms with Gasteiger partial charge in [0.1, 0.15) is 0 Å². The molecule has 1 aromatic heterocycles. The van der Waals surface area contributed by atoms with Crippen LogP contribution >= 0.6 is 15.9 Å². The molecule has 0 bridgehead atoms. The van der Waals surface area contributed by atoms with Crippen LogP contribution in [-0.2, 0) is 0 Å². The van der Waals surface area contributed by atoms with Gasteiger partial charge >= 0.3 is 0 Å². The number of rotatable bonds is 4. The van der Waals surface area contributed by atoms with Crippen LogP contribution in [-0.4, -0.2) is 15.9 Å². The zero-order valence-corrected chi connectivity index (χ0v) is 14.5. The molecule has 0 saturated carbocycles. The van der Waals surface area contributed by atoms with Crippen molar-refractivity contribution in [3.05, 3.63) is 76.5 Å². The number of anilines is 3. The molecule has 0 spiro atoms. The number of hydrogen-bond donors (Lipinski definition) is 2. The van der Waals surface area contributed by atoms with Crippen molar-refractivity contribution in [3.63, 3.8) is 0 Å². The molecule has 120 valence electrons. The van der Waals surface area contributed by atoms with E-state index in [0.717, 1.165) is 15.7 Å². The average molecular weight is 383 g/mol. The summed E-state index contributed by atoms with van der Waals surface area (Å²) >= 11 is 3.36. The van der Waals surface area contributed by atoms with Crippen LogP contribution in [0.4, 0.5) is 17.3 Å². The largest absolute Gasteiger partial charge is 0.324 e. The Hall–Kier alpha value is -2.73. The fourth-order valence-corrected chi connectivity index (χ4v) is 2.34. The molecule has 2 aromatic carbocycles. The van der Waals surface area contributed by atoms with Gasteiger partial charge in [-0.15, -0.1) is 0 Å².